The predicted molar refractivity (Wildman–Crippen MR) is 89.7 cm³/mol. The highest BCUT2D eigenvalue weighted by Crippen LogP contribution is 2.35. The van der Waals surface area contributed by atoms with Gasteiger partial charge < -0.3 is 4.90 Å². The Kier molecular flexibility index (Phi) is 6.91. The van der Waals surface area contributed by atoms with E-state index in [1.807, 2.05) is 13.8 Å². The standard InChI is InChI=1S/C16H32N2O2Si/c1-6-11-21(12-7-2,13-8-3)18-15(19)14(9-4)17(10-5)16(18)20/h14H,6-13H2,1-5H3. The van der Waals surface area contributed by atoms with Gasteiger partial charge >= 0.3 is 6.03 Å². The third kappa shape index (κ3) is 3.33. The van der Waals surface area contributed by atoms with Crippen LogP contribution in [0.15, 0.2) is 0 Å². The average Bonchev–Trinajstić information content (AvgIpc) is 2.69. The summed E-state index contributed by atoms with van der Waals surface area (Å²) in [5, 5.41) is 0. The molecule has 0 aromatic heterocycles. The molecular weight excluding hydrogens is 280 g/mol. The second-order valence-corrected chi connectivity index (χ2v) is 10.5. The van der Waals surface area contributed by atoms with Gasteiger partial charge in [0.25, 0.3) is 0 Å². The molecule has 0 aliphatic carbocycles. The molecule has 0 saturated carbocycles. The van der Waals surface area contributed by atoms with Gasteiger partial charge in [0, 0.05) is 6.54 Å². The minimum Gasteiger partial charge on any atom is -0.313 e. The van der Waals surface area contributed by atoms with Gasteiger partial charge in [0.15, 0.2) is 8.24 Å². The van der Waals surface area contributed by atoms with E-state index in [1.54, 1.807) is 9.47 Å². The number of carbonyl (C=O) groups is 2. The maximum absolute atomic E-state index is 12.9. The van der Waals surface area contributed by atoms with E-state index in [2.05, 4.69) is 20.8 Å². The topological polar surface area (TPSA) is 40.6 Å². The molecule has 1 heterocycles. The number of likely N-dealkylation sites (N-methyl/N-ethyl adjacent to an activating group) is 1. The summed E-state index contributed by atoms with van der Waals surface area (Å²) in [5.74, 6) is 0.0892. The summed E-state index contributed by atoms with van der Waals surface area (Å²) in [5.41, 5.74) is 0. The molecule has 3 amide bonds. The second kappa shape index (κ2) is 7.97. The lowest BCUT2D eigenvalue weighted by Crippen LogP contribution is -2.56. The van der Waals surface area contributed by atoms with Crippen molar-refractivity contribution >= 4 is 20.2 Å². The summed E-state index contributed by atoms with van der Waals surface area (Å²) in [4.78, 5) is 27.5. The smallest absolute Gasteiger partial charge is 0.313 e. The first-order valence-corrected chi connectivity index (χ1v) is 11.2. The molecule has 1 atom stereocenters. The largest absolute Gasteiger partial charge is 0.319 e. The number of hydrogen-bond acceptors (Lipinski definition) is 2. The number of rotatable bonds is 9. The molecule has 0 aromatic rings. The first kappa shape index (κ1) is 18.2. The molecule has 0 radical (unpaired) electrons. The molecule has 21 heavy (non-hydrogen) atoms. The van der Waals surface area contributed by atoms with Gasteiger partial charge in [0.05, 0.1) is 0 Å². The van der Waals surface area contributed by atoms with Crippen molar-refractivity contribution in [2.45, 2.75) is 84.5 Å². The molecule has 1 aliphatic rings. The van der Waals surface area contributed by atoms with Gasteiger partial charge in [-0.2, -0.15) is 0 Å². The van der Waals surface area contributed by atoms with Crippen molar-refractivity contribution in [3.8, 4) is 0 Å². The average molecular weight is 313 g/mol. The lowest BCUT2D eigenvalue weighted by molar-refractivity contribution is -0.125. The molecule has 0 N–H and O–H groups in total. The molecule has 1 rings (SSSR count). The fourth-order valence-electron chi connectivity index (χ4n) is 3.93. The molecule has 0 bridgehead atoms. The molecule has 1 fully saturated rings. The van der Waals surface area contributed by atoms with Gasteiger partial charge in [-0.3, -0.25) is 9.36 Å². The second-order valence-electron chi connectivity index (χ2n) is 6.14. The van der Waals surface area contributed by atoms with E-state index in [-0.39, 0.29) is 18.0 Å². The lowest BCUT2D eigenvalue weighted by atomic mass is 10.2. The van der Waals surface area contributed by atoms with Crippen molar-refractivity contribution in [3.05, 3.63) is 0 Å². The van der Waals surface area contributed by atoms with Crippen LogP contribution in [0.25, 0.3) is 0 Å². The van der Waals surface area contributed by atoms with Crippen LogP contribution in [0.3, 0.4) is 0 Å². The Hall–Kier alpha value is -0.843. The van der Waals surface area contributed by atoms with Crippen molar-refractivity contribution in [1.82, 2.24) is 9.47 Å². The van der Waals surface area contributed by atoms with Crippen LogP contribution in [0.2, 0.25) is 18.1 Å². The van der Waals surface area contributed by atoms with Crippen molar-refractivity contribution in [3.63, 3.8) is 0 Å². The Bertz CT molecular complexity index is 334. The van der Waals surface area contributed by atoms with Crippen LogP contribution in [0.5, 0.6) is 0 Å². The maximum atomic E-state index is 12.9. The molecule has 4 nitrogen and oxygen atoms in total. The fourth-order valence-corrected chi connectivity index (χ4v) is 9.30. The summed E-state index contributed by atoms with van der Waals surface area (Å²) >= 11 is 0. The molecule has 1 aliphatic heterocycles. The number of nitrogens with zero attached hydrogens (tertiary/aromatic N) is 2. The van der Waals surface area contributed by atoms with Crippen molar-refractivity contribution < 1.29 is 9.59 Å². The minimum atomic E-state index is -2.01. The van der Waals surface area contributed by atoms with Crippen molar-refractivity contribution in [1.29, 1.82) is 0 Å². The number of amides is 3. The number of imide groups is 1. The van der Waals surface area contributed by atoms with Gasteiger partial charge in [-0.25, -0.2) is 4.79 Å². The van der Waals surface area contributed by atoms with E-state index in [1.165, 1.54) is 0 Å². The summed E-state index contributed by atoms with van der Waals surface area (Å²) in [7, 11) is -2.01. The van der Waals surface area contributed by atoms with Crippen molar-refractivity contribution in [2.24, 2.45) is 0 Å². The highest BCUT2D eigenvalue weighted by atomic mass is 28.3. The Balaban J connectivity index is 3.22. The summed E-state index contributed by atoms with van der Waals surface area (Å²) < 4.78 is 1.78. The highest BCUT2D eigenvalue weighted by molar-refractivity contribution is 6.81. The lowest BCUT2D eigenvalue weighted by Gasteiger charge is -2.38. The molecule has 122 valence electrons. The monoisotopic (exact) mass is 312 g/mol. The summed E-state index contributed by atoms with van der Waals surface area (Å²) in [6, 6.07) is 2.94. The van der Waals surface area contributed by atoms with Crippen LogP contribution in [0.1, 0.15) is 60.3 Å². The van der Waals surface area contributed by atoms with Crippen LogP contribution in [-0.2, 0) is 4.79 Å². The molecule has 1 unspecified atom stereocenters. The number of carbonyl (C=O) groups excluding carboxylic acids is 2. The van der Waals surface area contributed by atoms with E-state index >= 15 is 0 Å². The van der Waals surface area contributed by atoms with Gasteiger partial charge in [0.2, 0.25) is 5.91 Å². The molecule has 1 saturated heterocycles. The first-order chi connectivity index (χ1) is 10.0. The zero-order chi connectivity index (χ0) is 16.0. The van der Waals surface area contributed by atoms with Crippen LogP contribution >= 0.6 is 0 Å². The van der Waals surface area contributed by atoms with Gasteiger partial charge in [-0.15, -0.1) is 0 Å². The Morgan fingerprint density at radius 2 is 1.38 bits per heavy atom. The molecule has 5 heteroatoms. The van der Waals surface area contributed by atoms with Crippen LogP contribution in [0.4, 0.5) is 4.79 Å². The molecule has 0 spiro atoms. The van der Waals surface area contributed by atoms with E-state index < -0.39 is 8.24 Å². The Labute approximate surface area is 131 Å². The van der Waals surface area contributed by atoms with Gasteiger partial charge in [-0.05, 0) is 31.5 Å². The summed E-state index contributed by atoms with van der Waals surface area (Å²) in [6.07, 6.45) is 3.91. The number of hydrogen-bond donors (Lipinski definition) is 0. The van der Waals surface area contributed by atoms with Gasteiger partial charge in [-0.1, -0.05) is 47.0 Å². The van der Waals surface area contributed by atoms with E-state index in [9.17, 15) is 9.59 Å². The zero-order valence-corrected chi connectivity index (χ0v) is 15.4. The third-order valence-electron chi connectivity index (χ3n) is 4.67. The normalized spacial score (nSPS) is 19.8. The number of urea groups is 1. The SMILES string of the molecule is CCC[Si](CCC)(CCC)N1C(=O)C(CC)N(CC)C1=O. The van der Waals surface area contributed by atoms with Crippen LogP contribution < -0.4 is 0 Å². The highest BCUT2D eigenvalue weighted by Gasteiger charge is 2.53. The predicted octanol–water partition coefficient (Wildman–Crippen LogP) is 4.22. The Morgan fingerprint density at radius 3 is 1.67 bits per heavy atom. The van der Waals surface area contributed by atoms with E-state index in [4.69, 9.17) is 0 Å². The quantitative estimate of drug-likeness (QED) is 0.472. The molecular formula is C16H32N2O2Si. The third-order valence-corrected chi connectivity index (χ3v) is 10.3. The van der Waals surface area contributed by atoms with Crippen LogP contribution in [-0.4, -0.2) is 42.2 Å². The Morgan fingerprint density at radius 1 is 0.905 bits per heavy atom. The van der Waals surface area contributed by atoms with Gasteiger partial charge in [0.1, 0.15) is 6.04 Å². The minimum absolute atomic E-state index is 0.00336. The fraction of sp³-hybridized carbons (Fsp3) is 0.875. The first-order valence-electron chi connectivity index (χ1n) is 8.67. The maximum Gasteiger partial charge on any atom is 0.319 e. The van der Waals surface area contributed by atoms with E-state index in [0.717, 1.165) is 43.8 Å². The summed E-state index contributed by atoms with van der Waals surface area (Å²) in [6.45, 7) is 11.1. The van der Waals surface area contributed by atoms with Crippen molar-refractivity contribution in [2.75, 3.05) is 6.54 Å². The van der Waals surface area contributed by atoms with E-state index in [0.29, 0.717) is 6.54 Å². The molecule has 0 aromatic carbocycles. The van der Waals surface area contributed by atoms with Crippen LogP contribution in [0, 0.1) is 0 Å². The zero-order valence-electron chi connectivity index (χ0n) is 14.4.